The van der Waals surface area contributed by atoms with Crippen molar-refractivity contribution < 1.29 is 9.57 Å². The third-order valence-electron chi connectivity index (χ3n) is 5.65. The molecule has 0 aliphatic carbocycles. The van der Waals surface area contributed by atoms with Crippen molar-refractivity contribution in [2.45, 2.75) is 52.0 Å². The summed E-state index contributed by atoms with van der Waals surface area (Å²) < 4.78 is 5.32. The molecule has 1 aliphatic heterocycles. The van der Waals surface area contributed by atoms with Gasteiger partial charge in [-0.15, -0.1) is 0 Å². The average Bonchev–Trinajstić information content (AvgIpc) is 2.69. The molecule has 1 fully saturated rings. The number of ether oxygens (including phenoxy) is 1. The van der Waals surface area contributed by atoms with E-state index in [4.69, 9.17) is 4.74 Å². The summed E-state index contributed by atoms with van der Waals surface area (Å²) in [6, 6.07) is 14.0. The lowest BCUT2D eigenvalue weighted by Gasteiger charge is -2.38. The highest BCUT2D eigenvalue weighted by Gasteiger charge is 2.24. The lowest BCUT2D eigenvalue weighted by molar-refractivity contribution is 0.117. The molecule has 0 amide bonds. The summed E-state index contributed by atoms with van der Waals surface area (Å²) in [5, 5.41) is 2.58. The third kappa shape index (κ3) is 6.20. The number of fused-ring (bicyclic) bond motifs is 1. The van der Waals surface area contributed by atoms with Crippen LogP contribution < -0.4 is 10.6 Å². The molecule has 0 saturated carbocycles. The van der Waals surface area contributed by atoms with Gasteiger partial charge in [-0.25, -0.2) is 5.90 Å². The lowest BCUT2D eigenvalue weighted by atomic mass is 9.89. The topological polar surface area (TPSA) is 47.7 Å². The van der Waals surface area contributed by atoms with E-state index < -0.39 is 0 Å². The highest BCUT2D eigenvalue weighted by molar-refractivity contribution is 5.84. The van der Waals surface area contributed by atoms with Gasteiger partial charge < -0.3 is 14.5 Å². The second kappa shape index (κ2) is 11.3. The Kier molecular flexibility index (Phi) is 9.05. The molecule has 1 heterocycles. The minimum atomic E-state index is 0.775. The molecule has 3 rings (SSSR count). The van der Waals surface area contributed by atoms with E-state index in [0.29, 0.717) is 0 Å². The zero-order valence-corrected chi connectivity index (χ0v) is 17.4. The van der Waals surface area contributed by atoms with Gasteiger partial charge in [0.2, 0.25) is 0 Å². The van der Waals surface area contributed by atoms with E-state index in [-0.39, 0.29) is 0 Å². The molecule has 2 aromatic rings. The van der Waals surface area contributed by atoms with Crippen LogP contribution >= 0.6 is 0 Å². The van der Waals surface area contributed by atoms with Crippen LogP contribution in [0.5, 0.6) is 5.75 Å². The molecule has 1 saturated heterocycles. The van der Waals surface area contributed by atoms with Gasteiger partial charge in [0.05, 0.1) is 14.2 Å². The number of nitrogens with two attached hydrogens (primary N) is 1. The van der Waals surface area contributed by atoms with Gasteiger partial charge in [0.15, 0.2) is 0 Å². The number of methoxy groups -OCH3 is 1. The van der Waals surface area contributed by atoms with Crippen LogP contribution in [-0.4, -0.2) is 38.3 Å². The van der Waals surface area contributed by atoms with E-state index in [0.717, 1.165) is 17.7 Å². The first-order chi connectivity index (χ1) is 13.1. The van der Waals surface area contributed by atoms with E-state index in [2.05, 4.69) is 65.9 Å². The van der Waals surface area contributed by atoms with Gasteiger partial charge in [0.1, 0.15) is 5.75 Å². The van der Waals surface area contributed by atoms with Gasteiger partial charge in [-0.3, -0.25) is 0 Å². The summed E-state index contributed by atoms with van der Waals surface area (Å²) in [5.41, 5.74) is 1.48. The maximum Gasteiger partial charge on any atom is 0.119 e. The largest absolute Gasteiger partial charge is 0.497 e. The van der Waals surface area contributed by atoms with Gasteiger partial charge >= 0.3 is 0 Å². The molecule has 0 spiro atoms. The normalized spacial score (nSPS) is 17.6. The third-order valence-corrected chi connectivity index (χ3v) is 5.65. The van der Waals surface area contributed by atoms with Crippen LogP contribution in [0.25, 0.3) is 10.8 Å². The van der Waals surface area contributed by atoms with Gasteiger partial charge in [-0.2, -0.15) is 0 Å². The lowest BCUT2D eigenvalue weighted by Crippen LogP contribution is -2.42. The zero-order chi connectivity index (χ0) is 19.6. The number of benzene rings is 2. The highest BCUT2D eigenvalue weighted by Crippen LogP contribution is 2.27. The Morgan fingerprint density at radius 3 is 2.41 bits per heavy atom. The molecule has 0 aromatic heterocycles. The fourth-order valence-corrected chi connectivity index (χ4v) is 4.26. The fraction of sp³-hybridized carbons (Fsp3) is 0.565. The number of piperidine rings is 1. The van der Waals surface area contributed by atoms with Crippen molar-refractivity contribution in [1.29, 1.82) is 0 Å². The molecular formula is C23H36N2O2. The molecule has 150 valence electrons. The Labute approximate surface area is 164 Å². The molecule has 0 radical (unpaired) electrons. The first kappa shape index (κ1) is 21.7. The van der Waals surface area contributed by atoms with Crippen molar-refractivity contribution in [2.75, 3.05) is 27.3 Å². The molecule has 1 aliphatic rings. The standard InChI is InChI=1S/C22H31NO.CH5NO/c1-4-21(5-2)23-12-6-7-18(16-23)13-17-8-9-20-15-22(24-3)11-10-19(20)14-17;1-3-2/h8-11,14-15,18,21H,4-7,12-13,16H2,1-3H3;2H2,1H3. The first-order valence-electron chi connectivity index (χ1n) is 10.2. The molecule has 1 atom stereocenters. The minimum Gasteiger partial charge on any atom is -0.497 e. The van der Waals surface area contributed by atoms with Crippen LogP contribution in [0.2, 0.25) is 0 Å². The summed E-state index contributed by atoms with van der Waals surface area (Å²) in [4.78, 5) is 6.49. The SMILES string of the molecule is CCC(CC)N1CCCC(Cc2ccc3cc(OC)ccc3c2)C1.CON. The van der Waals surface area contributed by atoms with Gasteiger partial charge in [0, 0.05) is 12.6 Å². The predicted octanol–water partition coefficient (Wildman–Crippen LogP) is 4.80. The van der Waals surface area contributed by atoms with E-state index in [1.165, 1.54) is 68.6 Å². The van der Waals surface area contributed by atoms with E-state index in [1.807, 2.05) is 0 Å². The van der Waals surface area contributed by atoms with Gasteiger partial charge in [-0.05, 0) is 73.0 Å². The summed E-state index contributed by atoms with van der Waals surface area (Å²) in [6.07, 6.45) is 6.49. The Morgan fingerprint density at radius 1 is 1.07 bits per heavy atom. The van der Waals surface area contributed by atoms with Crippen LogP contribution in [0.1, 0.15) is 45.1 Å². The average molecular weight is 373 g/mol. The Bertz CT molecular complexity index is 685. The monoisotopic (exact) mass is 372 g/mol. The van der Waals surface area contributed by atoms with Crippen LogP contribution in [0.4, 0.5) is 0 Å². The first-order valence-corrected chi connectivity index (χ1v) is 10.2. The van der Waals surface area contributed by atoms with Crippen molar-refractivity contribution in [3.63, 3.8) is 0 Å². The number of nitrogens with zero attached hydrogens (tertiary/aromatic N) is 1. The van der Waals surface area contributed by atoms with E-state index in [9.17, 15) is 0 Å². The molecule has 1 unspecified atom stereocenters. The minimum absolute atomic E-state index is 0.775. The number of likely N-dealkylation sites (tertiary alicyclic amines) is 1. The molecular weight excluding hydrogens is 336 g/mol. The van der Waals surface area contributed by atoms with E-state index >= 15 is 0 Å². The van der Waals surface area contributed by atoms with Crippen LogP contribution in [-0.2, 0) is 11.3 Å². The maximum absolute atomic E-state index is 5.32. The van der Waals surface area contributed by atoms with Crippen LogP contribution in [0.3, 0.4) is 0 Å². The van der Waals surface area contributed by atoms with Crippen LogP contribution in [0.15, 0.2) is 36.4 Å². The molecule has 4 nitrogen and oxygen atoms in total. The molecule has 0 bridgehead atoms. The second-order valence-corrected chi connectivity index (χ2v) is 7.46. The van der Waals surface area contributed by atoms with Gasteiger partial charge in [-0.1, -0.05) is 38.1 Å². The Morgan fingerprint density at radius 2 is 1.74 bits per heavy atom. The summed E-state index contributed by atoms with van der Waals surface area (Å²) in [7, 11) is 3.13. The van der Waals surface area contributed by atoms with Crippen molar-refractivity contribution in [3.05, 3.63) is 42.0 Å². The Balaban J connectivity index is 0.000000817. The Hall–Kier alpha value is -1.62. The number of hydrogen-bond donors (Lipinski definition) is 1. The highest BCUT2D eigenvalue weighted by atomic mass is 16.6. The number of rotatable bonds is 6. The smallest absolute Gasteiger partial charge is 0.119 e. The van der Waals surface area contributed by atoms with Gasteiger partial charge in [0.25, 0.3) is 0 Å². The van der Waals surface area contributed by atoms with Crippen molar-refractivity contribution in [1.82, 2.24) is 4.90 Å². The molecule has 27 heavy (non-hydrogen) atoms. The quantitative estimate of drug-likeness (QED) is 0.740. The molecule has 2 aromatic carbocycles. The van der Waals surface area contributed by atoms with Crippen LogP contribution in [0, 0.1) is 5.92 Å². The summed E-state index contributed by atoms with van der Waals surface area (Å²) in [5.74, 6) is 6.08. The predicted molar refractivity (Wildman–Crippen MR) is 114 cm³/mol. The fourth-order valence-electron chi connectivity index (χ4n) is 4.26. The van der Waals surface area contributed by atoms with Crippen molar-refractivity contribution >= 4 is 10.8 Å². The molecule has 2 N–H and O–H groups in total. The summed E-state index contributed by atoms with van der Waals surface area (Å²) >= 11 is 0. The molecule has 4 heteroatoms. The zero-order valence-electron chi connectivity index (χ0n) is 17.4. The van der Waals surface area contributed by atoms with Crippen molar-refractivity contribution in [2.24, 2.45) is 11.8 Å². The maximum atomic E-state index is 5.32. The number of hydrogen-bond acceptors (Lipinski definition) is 4. The van der Waals surface area contributed by atoms with E-state index in [1.54, 1.807) is 7.11 Å². The summed E-state index contributed by atoms with van der Waals surface area (Å²) in [6.45, 7) is 7.22. The van der Waals surface area contributed by atoms with Crippen molar-refractivity contribution in [3.8, 4) is 5.75 Å². The second-order valence-electron chi connectivity index (χ2n) is 7.46.